The minimum absolute atomic E-state index is 0. The molecular weight excluding hydrogens is 534 g/mol. The van der Waals surface area contributed by atoms with Crippen LogP contribution >= 0.6 is 24.0 Å². The van der Waals surface area contributed by atoms with Gasteiger partial charge in [0, 0.05) is 38.8 Å². The molecule has 6 nitrogen and oxygen atoms in total. The van der Waals surface area contributed by atoms with Crippen LogP contribution in [0, 0.1) is 5.82 Å². The second-order valence-corrected chi connectivity index (χ2v) is 8.31. The van der Waals surface area contributed by atoms with Crippen LogP contribution in [0.25, 0.3) is 0 Å². The molecule has 3 rings (SSSR count). The summed E-state index contributed by atoms with van der Waals surface area (Å²) in [4.78, 5) is 8.35. The number of aliphatic imine (C=N–C) groups is 1. The van der Waals surface area contributed by atoms with Crippen molar-refractivity contribution in [3.05, 3.63) is 29.6 Å². The largest absolute Gasteiger partial charge is 0.393 e. The van der Waals surface area contributed by atoms with Crippen molar-refractivity contribution in [2.75, 3.05) is 44.2 Å². The number of benzene rings is 1. The smallest absolute Gasteiger partial charge is 0.251 e. The van der Waals surface area contributed by atoms with Gasteiger partial charge in [-0.15, -0.1) is 24.0 Å². The molecule has 0 saturated carbocycles. The fourth-order valence-electron chi connectivity index (χ4n) is 4.15. The molecule has 0 atom stereocenters. The number of alkyl halides is 2. The molecule has 2 aliphatic rings. The van der Waals surface area contributed by atoms with Gasteiger partial charge < -0.3 is 20.6 Å². The number of aliphatic hydroxyl groups is 1. The molecule has 3 N–H and O–H groups in total. The van der Waals surface area contributed by atoms with Gasteiger partial charge in [-0.05, 0) is 50.3 Å². The van der Waals surface area contributed by atoms with Crippen molar-refractivity contribution in [3.8, 4) is 0 Å². The van der Waals surface area contributed by atoms with Gasteiger partial charge in [-0.3, -0.25) is 4.90 Å². The van der Waals surface area contributed by atoms with E-state index in [0.29, 0.717) is 63.8 Å². The van der Waals surface area contributed by atoms with Crippen molar-refractivity contribution in [2.24, 2.45) is 4.99 Å². The summed E-state index contributed by atoms with van der Waals surface area (Å²) in [7, 11) is 0. The highest BCUT2D eigenvalue weighted by Gasteiger charge is 2.22. The van der Waals surface area contributed by atoms with E-state index >= 15 is 0 Å². The molecule has 0 amide bonds. The van der Waals surface area contributed by atoms with Crippen molar-refractivity contribution in [2.45, 2.75) is 57.7 Å². The lowest BCUT2D eigenvalue weighted by Gasteiger charge is -2.32. The molecule has 10 heteroatoms. The summed E-state index contributed by atoms with van der Waals surface area (Å²) >= 11 is 0. The van der Waals surface area contributed by atoms with Gasteiger partial charge in [0.05, 0.1) is 24.9 Å². The minimum Gasteiger partial charge on any atom is -0.393 e. The second-order valence-electron chi connectivity index (χ2n) is 8.31. The molecule has 0 bridgehead atoms. The lowest BCUT2D eigenvalue weighted by Crippen LogP contribution is -2.49. The molecular formula is C22H35F3IN5O. The van der Waals surface area contributed by atoms with E-state index in [4.69, 9.17) is 0 Å². The van der Waals surface area contributed by atoms with E-state index < -0.39 is 6.43 Å². The van der Waals surface area contributed by atoms with Crippen molar-refractivity contribution in [1.29, 1.82) is 0 Å². The molecule has 0 aromatic heterocycles. The van der Waals surface area contributed by atoms with Crippen LogP contribution in [0.15, 0.2) is 23.2 Å². The Morgan fingerprint density at radius 1 is 1.16 bits per heavy atom. The number of rotatable bonds is 7. The van der Waals surface area contributed by atoms with Crippen LogP contribution in [0.5, 0.6) is 0 Å². The number of anilines is 1. The van der Waals surface area contributed by atoms with Gasteiger partial charge in [-0.2, -0.15) is 0 Å². The zero-order chi connectivity index (χ0) is 22.2. The average Bonchev–Trinajstić information content (AvgIpc) is 2.74. The summed E-state index contributed by atoms with van der Waals surface area (Å²) in [6.45, 7) is 5.44. The number of aliphatic hydroxyl groups excluding tert-OH is 1. The molecule has 1 aromatic carbocycles. The van der Waals surface area contributed by atoms with Crippen LogP contribution in [-0.4, -0.2) is 73.8 Å². The van der Waals surface area contributed by atoms with Gasteiger partial charge in [0.1, 0.15) is 5.82 Å². The summed E-state index contributed by atoms with van der Waals surface area (Å²) in [6, 6.07) is 5.38. The first kappa shape index (κ1) is 27.0. The van der Waals surface area contributed by atoms with Gasteiger partial charge >= 0.3 is 0 Å². The Hall–Kier alpha value is -1.27. The van der Waals surface area contributed by atoms with Crippen LogP contribution in [0.4, 0.5) is 18.9 Å². The third kappa shape index (κ3) is 8.26. The van der Waals surface area contributed by atoms with E-state index in [0.717, 1.165) is 18.4 Å². The maximum Gasteiger partial charge on any atom is 0.251 e. The summed E-state index contributed by atoms with van der Waals surface area (Å²) in [5.74, 6) is 0.387. The summed E-state index contributed by atoms with van der Waals surface area (Å²) < 4.78 is 39.7. The zero-order valence-electron chi connectivity index (χ0n) is 18.6. The van der Waals surface area contributed by atoms with Crippen LogP contribution in [-0.2, 0) is 6.54 Å². The molecule has 0 unspecified atom stereocenters. The Kier molecular flexibility index (Phi) is 11.3. The SMILES string of the molecule is CCNC(=NCc1ccc(N2CCC(O)CC2)c(F)c1)NC1CCN(CC(F)F)CC1.I. The highest BCUT2D eigenvalue weighted by Crippen LogP contribution is 2.24. The number of likely N-dealkylation sites (tertiary alicyclic amines) is 1. The first-order valence-electron chi connectivity index (χ1n) is 11.2. The van der Waals surface area contributed by atoms with Crippen molar-refractivity contribution in [1.82, 2.24) is 15.5 Å². The molecule has 2 fully saturated rings. The van der Waals surface area contributed by atoms with Crippen molar-refractivity contribution < 1.29 is 18.3 Å². The number of hydrogen-bond donors (Lipinski definition) is 3. The van der Waals surface area contributed by atoms with Gasteiger partial charge in [-0.1, -0.05) is 6.07 Å². The Bertz CT molecular complexity index is 724. The number of piperidine rings is 2. The molecule has 2 aliphatic heterocycles. The maximum atomic E-state index is 14.7. The average molecular weight is 569 g/mol. The number of nitrogens with one attached hydrogen (secondary N) is 2. The Morgan fingerprint density at radius 2 is 1.84 bits per heavy atom. The highest BCUT2D eigenvalue weighted by atomic mass is 127. The fraction of sp³-hybridized carbons (Fsp3) is 0.682. The van der Waals surface area contributed by atoms with Gasteiger partial charge in [0.15, 0.2) is 5.96 Å². The van der Waals surface area contributed by atoms with Gasteiger partial charge in [0.25, 0.3) is 6.43 Å². The quantitative estimate of drug-likeness (QED) is 0.268. The first-order valence-corrected chi connectivity index (χ1v) is 11.2. The molecule has 0 spiro atoms. The van der Waals surface area contributed by atoms with E-state index in [1.807, 2.05) is 17.9 Å². The molecule has 1 aromatic rings. The Balaban J connectivity index is 0.00000363. The topological polar surface area (TPSA) is 63.1 Å². The second kappa shape index (κ2) is 13.4. The normalized spacial score (nSPS) is 19.2. The number of halogens is 4. The molecule has 182 valence electrons. The fourth-order valence-corrected chi connectivity index (χ4v) is 4.15. The van der Waals surface area contributed by atoms with Crippen LogP contribution in [0.3, 0.4) is 0 Å². The van der Waals surface area contributed by atoms with Crippen LogP contribution in [0.2, 0.25) is 0 Å². The van der Waals surface area contributed by atoms with E-state index in [2.05, 4.69) is 15.6 Å². The summed E-state index contributed by atoms with van der Waals surface area (Å²) in [5, 5.41) is 16.2. The first-order chi connectivity index (χ1) is 14.9. The zero-order valence-corrected chi connectivity index (χ0v) is 20.9. The van der Waals surface area contributed by atoms with Crippen molar-refractivity contribution in [3.63, 3.8) is 0 Å². The Labute approximate surface area is 205 Å². The highest BCUT2D eigenvalue weighted by molar-refractivity contribution is 14.0. The summed E-state index contributed by atoms with van der Waals surface area (Å²) in [6.07, 6.45) is 0.294. The number of guanidine groups is 1. The lowest BCUT2D eigenvalue weighted by molar-refractivity contribution is 0.0744. The standard InChI is InChI=1S/C22H34F3N5O.HI/c1-2-26-22(28-17-5-9-29(10-6-17)15-21(24)25)27-14-16-3-4-20(19(23)13-16)30-11-7-18(31)8-12-30;/h3-4,13,17-18,21,31H,2,5-12,14-15H2,1H3,(H2,26,27,28);1H. The van der Waals surface area contributed by atoms with Crippen LogP contribution in [0.1, 0.15) is 38.2 Å². The monoisotopic (exact) mass is 569 g/mol. The molecule has 2 heterocycles. The predicted octanol–water partition coefficient (Wildman–Crippen LogP) is 3.19. The molecule has 32 heavy (non-hydrogen) atoms. The van der Waals surface area contributed by atoms with Gasteiger partial charge in [-0.25, -0.2) is 18.2 Å². The molecule has 2 saturated heterocycles. The lowest BCUT2D eigenvalue weighted by atomic mass is 10.1. The van der Waals surface area contributed by atoms with E-state index in [1.54, 1.807) is 11.0 Å². The minimum atomic E-state index is -2.29. The maximum absolute atomic E-state index is 14.7. The van der Waals surface area contributed by atoms with E-state index in [-0.39, 0.29) is 48.5 Å². The van der Waals surface area contributed by atoms with Gasteiger partial charge in [0.2, 0.25) is 0 Å². The number of hydrogen-bond acceptors (Lipinski definition) is 4. The summed E-state index contributed by atoms with van der Waals surface area (Å²) in [5.41, 5.74) is 1.35. The van der Waals surface area contributed by atoms with Crippen molar-refractivity contribution >= 4 is 35.6 Å². The molecule has 0 radical (unpaired) electrons. The third-order valence-corrected chi connectivity index (χ3v) is 5.91. The predicted molar refractivity (Wildman–Crippen MR) is 133 cm³/mol. The van der Waals surface area contributed by atoms with E-state index in [9.17, 15) is 18.3 Å². The van der Waals surface area contributed by atoms with Crippen LogP contribution < -0.4 is 15.5 Å². The Morgan fingerprint density at radius 3 is 2.44 bits per heavy atom. The van der Waals surface area contributed by atoms with E-state index in [1.165, 1.54) is 6.07 Å². The third-order valence-electron chi connectivity index (χ3n) is 5.91. The molecule has 0 aliphatic carbocycles. The number of nitrogens with zero attached hydrogens (tertiary/aromatic N) is 3.